The van der Waals surface area contributed by atoms with Gasteiger partial charge in [0, 0.05) is 30.2 Å². The molecule has 2 aromatic heterocycles. The molecular formula is C27H32N4S. The van der Waals surface area contributed by atoms with Gasteiger partial charge >= 0.3 is 0 Å². The van der Waals surface area contributed by atoms with E-state index in [2.05, 4.69) is 77.2 Å². The highest BCUT2D eigenvalue weighted by Crippen LogP contribution is 2.44. The summed E-state index contributed by atoms with van der Waals surface area (Å²) in [5.41, 5.74) is 6.37. The van der Waals surface area contributed by atoms with Gasteiger partial charge < -0.3 is 14.8 Å². The van der Waals surface area contributed by atoms with E-state index in [0.29, 0.717) is 6.04 Å². The number of rotatable bonds is 5. The first-order chi connectivity index (χ1) is 15.6. The maximum atomic E-state index is 5.94. The molecule has 4 nitrogen and oxygen atoms in total. The summed E-state index contributed by atoms with van der Waals surface area (Å²) in [6, 6.07) is 20.0. The van der Waals surface area contributed by atoms with E-state index < -0.39 is 0 Å². The van der Waals surface area contributed by atoms with Gasteiger partial charge in [-0.2, -0.15) is 0 Å². The molecule has 32 heavy (non-hydrogen) atoms. The van der Waals surface area contributed by atoms with Gasteiger partial charge in [-0.05, 0) is 68.2 Å². The third-order valence-electron chi connectivity index (χ3n) is 7.22. The number of nitrogens with zero attached hydrogens (tertiary/aromatic N) is 3. The number of pyridine rings is 1. The van der Waals surface area contributed by atoms with Crippen LogP contribution in [-0.4, -0.2) is 25.6 Å². The van der Waals surface area contributed by atoms with Crippen molar-refractivity contribution in [3.8, 4) is 0 Å². The van der Waals surface area contributed by atoms with Crippen molar-refractivity contribution in [1.29, 1.82) is 0 Å². The monoisotopic (exact) mass is 444 g/mol. The Morgan fingerprint density at radius 1 is 1.00 bits per heavy atom. The molecule has 1 saturated heterocycles. The molecule has 1 aromatic carbocycles. The fourth-order valence-corrected chi connectivity index (χ4v) is 5.98. The topological polar surface area (TPSA) is 33.1 Å². The maximum absolute atomic E-state index is 5.94. The zero-order valence-electron chi connectivity index (χ0n) is 19.0. The van der Waals surface area contributed by atoms with Gasteiger partial charge in [0.25, 0.3) is 0 Å². The Labute approximate surface area is 196 Å². The van der Waals surface area contributed by atoms with E-state index in [4.69, 9.17) is 17.2 Å². The van der Waals surface area contributed by atoms with Crippen LogP contribution in [0.4, 0.5) is 0 Å². The fraction of sp³-hybridized carbons (Fsp3) is 0.407. The van der Waals surface area contributed by atoms with Crippen LogP contribution in [0.1, 0.15) is 72.4 Å². The Balaban J connectivity index is 1.56. The standard InChI is InChI=1S/C27H32N4S/c1-19-17-23(20(2)30(19)18-21-11-5-3-6-12-21)26-25(24-15-9-10-16-28-24)29-27(32)31(26)22-13-7-4-8-14-22/h3,5-6,9-12,15-17,22,25-26H,4,7-8,13-14,18H2,1-2H3,(H,29,32). The van der Waals surface area contributed by atoms with Crippen LogP contribution in [0.3, 0.4) is 0 Å². The molecule has 2 fully saturated rings. The normalized spacial score (nSPS) is 21.7. The smallest absolute Gasteiger partial charge is 0.170 e. The molecule has 3 aromatic rings. The summed E-state index contributed by atoms with van der Waals surface area (Å²) in [6.45, 7) is 5.38. The Kier molecular flexibility index (Phi) is 6.01. The molecule has 5 rings (SSSR count). The van der Waals surface area contributed by atoms with Crippen LogP contribution in [0, 0.1) is 13.8 Å². The maximum Gasteiger partial charge on any atom is 0.170 e. The van der Waals surface area contributed by atoms with Crippen LogP contribution < -0.4 is 5.32 Å². The third-order valence-corrected chi connectivity index (χ3v) is 7.55. The second kappa shape index (κ2) is 9.07. The van der Waals surface area contributed by atoms with Crippen molar-refractivity contribution in [3.05, 3.63) is 89.0 Å². The quantitative estimate of drug-likeness (QED) is 0.500. The summed E-state index contributed by atoms with van der Waals surface area (Å²) >= 11 is 5.94. The number of thiocarbonyl (C=S) groups is 1. The number of aryl methyl sites for hydroxylation is 1. The number of aromatic nitrogens is 2. The Hall–Kier alpha value is -2.66. The molecule has 1 saturated carbocycles. The third kappa shape index (κ3) is 3.95. The highest BCUT2D eigenvalue weighted by Gasteiger charge is 2.44. The SMILES string of the molecule is Cc1cc(C2C(c3ccccn3)NC(=S)N2C2CCCCC2)c(C)n1Cc1ccccc1. The van der Waals surface area contributed by atoms with E-state index in [1.54, 1.807) is 0 Å². The number of benzene rings is 1. The van der Waals surface area contributed by atoms with Crippen molar-refractivity contribution >= 4 is 17.3 Å². The Morgan fingerprint density at radius 3 is 2.47 bits per heavy atom. The van der Waals surface area contributed by atoms with Crippen molar-refractivity contribution in [2.75, 3.05) is 0 Å². The summed E-state index contributed by atoms with van der Waals surface area (Å²) in [5, 5.41) is 4.54. The second-order valence-corrected chi connectivity index (χ2v) is 9.61. The molecule has 0 radical (unpaired) electrons. The summed E-state index contributed by atoms with van der Waals surface area (Å²) < 4.78 is 2.45. The molecule has 1 N–H and O–H groups in total. The van der Waals surface area contributed by atoms with Crippen LogP contribution >= 0.6 is 12.2 Å². The van der Waals surface area contributed by atoms with Crippen molar-refractivity contribution in [2.45, 2.75) is 70.6 Å². The molecule has 0 spiro atoms. The molecule has 2 aliphatic rings. The van der Waals surface area contributed by atoms with Gasteiger partial charge in [-0.15, -0.1) is 0 Å². The first-order valence-corrected chi connectivity index (χ1v) is 12.2. The van der Waals surface area contributed by atoms with E-state index in [1.807, 2.05) is 12.3 Å². The Bertz CT molecular complexity index is 1070. The zero-order valence-corrected chi connectivity index (χ0v) is 19.8. The molecule has 3 heterocycles. The molecule has 0 bridgehead atoms. The molecule has 5 heteroatoms. The van der Waals surface area contributed by atoms with Gasteiger partial charge in [0.1, 0.15) is 0 Å². The number of hydrogen-bond acceptors (Lipinski definition) is 2. The van der Waals surface area contributed by atoms with Crippen molar-refractivity contribution < 1.29 is 0 Å². The van der Waals surface area contributed by atoms with Crippen molar-refractivity contribution in [1.82, 2.24) is 19.8 Å². The first kappa shape index (κ1) is 21.2. The number of hydrogen-bond donors (Lipinski definition) is 1. The molecule has 2 unspecified atom stereocenters. The summed E-state index contributed by atoms with van der Waals surface area (Å²) in [5.74, 6) is 0. The van der Waals surface area contributed by atoms with E-state index in [0.717, 1.165) is 17.4 Å². The van der Waals surface area contributed by atoms with Crippen molar-refractivity contribution in [3.63, 3.8) is 0 Å². The lowest BCUT2D eigenvalue weighted by atomic mass is 9.90. The highest BCUT2D eigenvalue weighted by molar-refractivity contribution is 7.80. The van der Waals surface area contributed by atoms with E-state index in [1.165, 1.54) is 54.6 Å². The number of nitrogens with one attached hydrogen (secondary N) is 1. The van der Waals surface area contributed by atoms with Crippen LogP contribution in [0.15, 0.2) is 60.8 Å². The van der Waals surface area contributed by atoms with Crippen molar-refractivity contribution in [2.24, 2.45) is 0 Å². The molecular weight excluding hydrogens is 412 g/mol. The zero-order chi connectivity index (χ0) is 22.1. The minimum absolute atomic E-state index is 0.0660. The highest BCUT2D eigenvalue weighted by atomic mass is 32.1. The molecule has 1 aliphatic heterocycles. The van der Waals surface area contributed by atoms with E-state index >= 15 is 0 Å². The lowest BCUT2D eigenvalue weighted by molar-refractivity contribution is 0.196. The van der Waals surface area contributed by atoms with E-state index in [9.17, 15) is 0 Å². The fourth-order valence-electron chi connectivity index (χ4n) is 5.59. The molecule has 0 amide bonds. The summed E-state index contributed by atoms with van der Waals surface area (Å²) in [6.07, 6.45) is 8.24. The summed E-state index contributed by atoms with van der Waals surface area (Å²) in [7, 11) is 0. The average Bonchev–Trinajstić information content (AvgIpc) is 3.32. The predicted octanol–water partition coefficient (Wildman–Crippen LogP) is 5.85. The van der Waals surface area contributed by atoms with Crippen LogP contribution in [0.2, 0.25) is 0 Å². The van der Waals surface area contributed by atoms with Gasteiger partial charge in [0.15, 0.2) is 5.11 Å². The lowest BCUT2D eigenvalue weighted by Gasteiger charge is -2.37. The molecule has 1 aliphatic carbocycles. The van der Waals surface area contributed by atoms with Gasteiger partial charge in [-0.25, -0.2) is 0 Å². The van der Waals surface area contributed by atoms with Gasteiger partial charge in [0.2, 0.25) is 0 Å². The largest absolute Gasteiger partial charge is 0.352 e. The van der Waals surface area contributed by atoms with Gasteiger partial charge in [0.05, 0.1) is 17.8 Å². The summed E-state index contributed by atoms with van der Waals surface area (Å²) in [4.78, 5) is 7.24. The van der Waals surface area contributed by atoms with Crippen LogP contribution in [0.25, 0.3) is 0 Å². The van der Waals surface area contributed by atoms with Gasteiger partial charge in [-0.3, -0.25) is 4.98 Å². The Morgan fingerprint density at radius 2 is 1.75 bits per heavy atom. The lowest BCUT2D eigenvalue weighted by Crippen LogP contribution is -2.40. The minimum atomic E-state index is 0.0660. The second-order valence-electron chi connectivity index (χ2n) is 9.22. The van der Waals surface area contributed by atoms with E-state index in [-0.39, 0.29) is 12.1 Å². The minimum Gasteiger partial charge on any atom is -0.352 e. The predicted molar refractivity (Wildman–Crippen MR) is 134 cm³/mol. The van der Waals surface area contributed by atoms with Crippen LogP contribution in [0.5, 0.6) is 0 Å². The van der Waals surface area contributed by atoms with Gasteiger partial charge in [-0.1, -0.05) is 55.7 Å². The first-order valence-electron chi connectivity index (χ1n) is 11.8. The molecule has 2 atom stereocenters. The van der Waals surface area contributed by atoms with Crippen LogP contribution in [-0.2, 0) is 6.54 Å². The average molecular weight is 445 g/mol. The molecule has 166 valence electrons.